The van der Waals surface area contributed by atoms with Crippen LogP contribution in [0.25, 0.3) is 0 Å². The van der Waals surface area contributed by atoms with Crippen molar-refractivity contribution in [2.75, 3.05) is 13.1 Å². The lowest BCUT2D eigenvalue weighted by molar-refractivity contribution is -0.124. The van der Waals surface area contributed by atoms with Crippen LogP contribution in [-0.4, -0.2) is 62.7 Å². The summed E-state index contributed by atoms with van der Waals surface area (Å²) in [6, 6.07) is 2.32. The van der Waals surface area contributed by atoms with Gasteiger partial charge in [0.25, 0.3) is 11.8 Å². The van der Waals surface area contributed by atoms with Crippen molar-refractivity contribution in [1.82, 2.24) is 30.5 Å². The molecule has 2 atom stereocenters. The van der Waals surface area contributed by atoms with Crippen LogP contribution >= 0.6 is 0 Å². The fourth-order valence-electron chi connectivity index (χ4n) is 3.00. The molecule has 0 spiro atoms. The van der Waals surface area contributed by atoms with Gasteiger partial charge in [-0.15, -0.1) is 0 Å². The standard InChI is InChI=1S/C17H20N6O3/c1-2-19-15(24)13-8-12(22-16(25)14-20-6-7-21-14)10-23(13)17(26)11-4-3-5-18-9-11/h3-7,9,12-13H,2,8,10H2,1H3,(H,19,24)(H,20,21)(H,22,25)/t12-,13-/m0/s1. The summed E-state index contributed by atoms with van der Waals surface area (Å²) in [7, 11) is 0. The normalized spacial score (nSPS) is 19.2. The van der Waals surface area contributed by atoms with Gasteiger partial charge in [-0.3, -0.25) is 19.4 Å². The van der Waals surface area contributed by atoms with E-state index in [1.807, 2.05) is 6.92 Å². The maximum Gasteiger partial charge on any atom is 0.287 e. The summed E-state index contributed by atoms with van der Waals surface area (Å²) in [6.07, 6.45) is 6.42. The minimum atomic E-state index is -0.649. The molecule has 3 N–H and O–H groups in total. The lowest BCUT2D eigenvalue weighted by atomic mass is 10.1. The van der Waals surface area contributed by atoms with E-state index in [-0.39, 0.29) is 36.1 Å². The van der Waals surface area contributed by atoms with Gasteiger partial charge in [0, 0.05) is 43.9 Å². The number of amides is 3. The van der Waals surface area contributed by atoms with Crippen molar-refractivity contribution in [3.05, 3.63) is 48.3 Å². The molecular formula is C17H20N6O3. The van der Waals surface area contributed by atoms with Crippen LogP contribution in [0.2, 0.25) is 0 Å². The topological polar surface area (TPSA) is 120 Å². The van der Waals surface area contributed by atoms with Crippen LogP contribution in [0.3, 0.4) is 0 Å². The summed E-state index contributed by atoms with van der Waals surface area (Å²) in [5.41, 5.74) is 0.403. The number of aromatic nitrogens is 3. The monoisotopic (exact) mass is 356 g/mol. The Hall–Kier alpha value is -3.23. The number of nitrogens with one attached hydrogen (secondary N) is 3. The highest BCUT2D eigenvalue weighted by atomic mass is 16.2. The van der Waals surface area contributed by atoms with E-state index >= 15 is 0 Å². The fourth-order valence-corrected chi connectivity index (χ4v) is 3.00. The maximum atomic E-state index is 12.8. The average molecular weight is 356 g/mol. The molecule has 3 amide bonds. The summed E-state index contributed by atoms with van der Waals surface area (Å²) >= 11 is 0. The van der Waals surface area contributed by atoms with Gasteiger partial charge < -0.3 is 20.5 Å². The third-order valence-electron chi connectivity index (χ3n) is 4.17. The number of hydrogen-bond acceptors (Lipinski definition) is 5. The lowest BCUT2D eigenvalue weighted by Crippen LogP contribution is -2.46. The predicted octanol–water partition coefficient (Wildman–Crippen LogP) is -0.0461. The van der Waals surface area contributed by atoms with Crippen LogP contribution in [-0.2, 0) is 4.79 Å². The van der Waals surface area contributed by atoms with E-state index in [4.69, 9.17) is 0 Å². The van der Waals surface area contributed by atoms with Crippen molar-refractivity contribution in [2.45, 2.75) is 25.4 Å². The molecule has 0 aromatic carbocycles. The molecule has 2 aromatic rings. The summed E-state index contributed by atoms with van der Waals surface area (Å²) in [6.45, 7) is 2.52. The number of aromatic amines is 1. The molecule has 0 radical (unpaired) electrons. The molecule has 0 aliphatic carbocycles. The molecule has 0 saturated carbocycles. The van der Waals surface area contributed by atoms with Crippen molar-refractivity contribution in [2.24, 2.45) is 0 Å². The van der Waals surface area contributed by atoms with Crippen LogP contribution in [0.15, 0.2) is 36.9 Å². The highest BCUT2D eigenvalue weighted by Crippen LogP contribution is 2.21. The Morgan fingerprint density at radius 3 is 2.85 bits per heavy atom. The third kappa shape index (κ3) is 3.71. The van der Waals surface area contributed by atoms with Crippen LogP contribution in [0, 0.1) is 0 Å². The highest BCUT2D eigenvalue weighted by molar-refractivity contribution is 5.98. The highest BCUT2D eigenvalue weighted by Gasteiger charge is 2.40. The summed E-state index contributed by atoms with van der Waals surface area (Å²) in [5, 5.41) is 5.57. The Labute approximate surface area is 150 Å². The first kappa shape index (κ1) is 17.6. The van der Waals surface area contributed by atoms with E-state index in [0.717, 1.165) is 0 Å². The van der Waals surface area contributed by atoms with Gasteiger partial charge in [-0.1, -0.05) is 0 Å². The number of likely N-dealkylation sites (tertiary alicyclic amines) is 1. The van der Waals surface area contributed by atoms with Crippen LogP contribution in [0.1, 0.15) is 34.3 Å². The second kappa shape index (κ2) is 7.77. The number of H-pyrrole nitrogens is 1. The Kier molecular flexibility index (Phi) is 5.26. The SMILES string of the molecule is CCNC(=O)[C@@H]1C[C@H](NC(=O)c2ncc[nH]2)CN1C(=O)c1cccnc1. The van der Waals surface area contributed by atoms with E-state index in [1.165, 1.54) is 17.3 Å². The zero-order chi connectivity index (χ0) is 18.5. The maximum absolute atomic E-state index is 12.8. The first-order chi connectivity index (χ1) is 12.6. The van der Waals surface area contributed by atoms with E-state index in [2.05, 4.69) is 25.6 Å². The third-order valence-corrected chi connectivity index (χ3v) is 4.17. The van der Waals surface area contributed by atoms with Crippen molar-refractivity contribution in [3.63, 3.8) is 0 Å². The second-order valence-electron chi connectivity index (χ2n) is 5.95. The van der Waals surface area contributed by atoms with Gasteiger partial charge in [-0.2, -0.15) is 0 Å². The fraction of sp³-hybridized carbons (Fsp3) is 0.353. The molecule has 9 nitrogen and oxygen atoms in total. The Balaban J connectivity index is 1.76. The zero-order valence-corrected chi connectivity index (χ0v) is 14.3. The van der Waals surface area contributed by atoms with E-state index < -0.39 is 6.04 Å². The van der Waals surface area contributed by atoms with Gasteiger partial charge in [0.05, 0.1) is 5.56 Å². The zero-order valence-electron chi connectivity index (χ0n) is 14.3. The number of pyridine rings is 1. The van der Waals surface area contributed by atoms with Crippen LogP contribution in [0.4, 0.5) is 0 Å². The number of nitrogens with zero attached hydrogens (tertiary/aromatic N) is 3. The minimum absolute atomic E-state index is 0.191. The summed E-state index contributed by atoms with van der Waals surface area (Å²) in [5.74, 6) is -0.703. The molecule has 0 bridgehead atoms. The summed E-state index contributed by atoms with van der Waals surface area (Å²) < 4.78 is 0. The molecule has 9 heteroatoms. The molecule has 1 aliphatic rings. The molecule has 1 aliphatic heterocycles. The van der Waals surface area contributed by atoms with Gasteiger partial charge >= 0.3 is 0 Å². The van der Waals surface area contributed by atoms with Gasteiger partial charge in [-0.05, 0) is 25.5 Å². The second-order valence-corrected chi connectivity index (χ2v) is 5.95. The molecule has 2 aromatic heterocycles. The quantitative estimate of drug-likeness (QED) is 0.694. The lowest BCUT2D eigenvalue weighted by Gasteiger charge is -2.23. The number of likely N-dealkylation sites (N-methyl/N-ethyl adjacent to an activating group) is 1. The van der Waals surface area contributed by atoms with Crippen LogP contribution < -0.4 is 10.6 Å². The number of carbonyl (C=O) groups is 3. The number of hydrogen-bond donors (Lipinski definition) is 3. The smallest absolute Gasteiger partial charge is 0.287 e. The number of rotatable bonds is 5. The Bertz CT molecular complexity index is 777. The predicted molar refractivity (Wildman–Crippen MR) is 92.2 cm³/mol. The van der Waals surface area contributed by atoms with Crippen molar-refractivity contribution >= 4 is 17.7 Å². The number of carbonyl (C=O) groups excluding carboxylic acids is 3. The van der Waals surface area contributed by atoms with Crippen molar-refractivity contribution < 1.29 is 14.4 Å². The van der Waals surface area contributed by atoms with Gasteiger partial charge in [-0.25, -0.2) is 4.98 Å². The van der Waals surface area contributed by atoms with E-state index in [0.29, 0.717) is 18.5 Å². The largest absolute Gasteiger partial charge is 0.355 e. The molecule has 26 heavy (non-hydrogen) atoms. The van der Waals surface area contributed by atoms with Gasteiger partial charge in [0.15, 0.2) is 5.82 Å². The molecule has 1 saturated heterocycles. The first-order valence-corrected chi connectivity index (χ1v) is 8.39. The van der Waals surface area contributed by atoms with Crippen molar-refractivity contribution in [1.29, 1.82) is 0 Å². The van der Waals surface area contributed by atoms with E-state index in [1.54, 1.807) is 24.5 Å². The van der Waals surface area contributed by atoms with E-state index in [9.17, 15) is 14.4 Å². The molecule has 136 valence electrons. The Morgan fingerprint density at radius 2 is 2.19 bits per heavy atom. The minimum Gasteiger partial charge on any atom is -0.355 e. The van der Waals surface area contributed by atoms with Crippen molar-refractivity contribution in [3.8, 4) is 0 Å². The van der Waals surface area contributed by atoms with Crippen LogP contribution in [0.5, 0.6) is 0 Å². The molecule has 3 rings (SSSR count). The molecule has 1 fully saturated rings. The summed E-state index contributed by atoms with van der Waals surface area (Å²) in [4.78, 5) is 49.5. The Morgan fingerprint density at radius 1 is 1.35 bits per heavy atom. The first-order valence-electron chi connectivity index (χ1n) is 8.39. The molecule has 3 heterocycles. The average Bonchev–Trinajstić information content (AvgIpc) is 3.32. The van der Waals surface area contributed by atoms with Gasteiger partial charge in [0.2, 0.25) is 5.91 Å². The molecule has 0 unspecified atom stereocenters. The van der Waals surface area contributed by atoms with Gasteiger partial charge in [0.1, 0.15) is 6.04 Å². The molecular weight excluding hydrogens is 336 g/mol. The number of imidazole rings is 1.